The van der Waals surface area contributed by atoms with E-state index in [0.29, 0.717) is 18.7 Å². The largest absolute Gasteiger partial charge is 0.375 e. The molecule has 6 nitrogen and oxygen atoms in total. The number of amides is 1. The Morgan fingerprint density at radius 3 is 2.86 bits per heavy atom. The lowest BCUT2D eigenvalue weighted by molar-refractivity contribution is -0.0387. The molecule has 1 amide bonds. The molecule has 0 aliphatic carbocycles. The second-order valence-corrected chi connectivity index (χ2v) is 6.27. The van der Waals surface area contributed by atoms with E-state index in [0.717, 1.165) is 11.0 Å². The summed E-state index contributed by atoms with van der Waals surface area (Å²) in [7, 11) is 0. The lowest BCUT2D eigenvalue weighted by atomic mass is 10.1. The Morgan fingerprint density at radius 1 is 1.36 bits per heavy atom. The van der Waals surface area contributed by atoms with E-state index in [1.54, 1.807) is 12.4 Å². The first-order chi connectivity index (χ1) is 10.5. The van der Waals surface area contributed by atoms with Gasteiger partial charge in [-0.15, -0.1) is 0 Å². The van der Waals surface area contributed by atoms with Crippen molar-refractivity contribution in [1.29, 1.82) is 0 Å². The van der Waals surface area contributed by atoms with Crippen molar-refractivity contribution in [2.75, 3.05) is 13.2 Å². The molecule has 0 saturated carbocycles. The molecular weight excluding hydrogens is 280 g/mol. The van der Waals surface area contributed by atoms with Crippen LogP contribution in [0.15, 0.2) is 18.5 Å². The Hall–Kier alpha value is -1.95. The highest BCUT2D eigenvalue weighted by Crippen LogP contribution is 2.20. The highest BCUT2D eigenvalue weighted by molar-refractivity contribution is 5.97. The van der Waals surface area contributed by atoms with E-state index < -0.39 is 0 Å². The van der Waals surface area contributed by atoms with Gasteiger partial charge in [-0.25, -0.2) is 9.67 Å². The zero-order chi connectivity index (χ0) is 15.9. The van der Waals surface area contributed by atoms with Gasteiger partial charge in [0.2, 0.25) is 0 Å². The average molecular weight is 302 g/mol. The third kappa shape index (κ3) is 2.59. The van der Waals surface area contributed by atoms with Crippen LogP contribution in [0.4, 0.5) is 0 Å². The maximum atomic E-state index is 12.7. The summed E-state index contributed by atoms with van der Waals surface area (Å²) in [5, 5.41) is 5.24. The molecule has 3 rings (SSSR count). The first-order valence-electron chi connectivity index (χ1n) is 7.73. The molecule has 2 aromatic rings. The molecule has 0 radical (unpaired) electrons. The maximum Gasteiger partial charge on any atom is 0.255 e. The SMILES string of the molecule is CC(C)n1ncc2cc(C(=O)N3C[C@H](C)OC[C@@H]3C)cnc21. The molecule has 0 unspecified atom stereocenters. The second kappa shape index (κ2) is 5.68. The monoisotopic (exact) mass is 302 g/mol. The molecule has 118 valence electrons. The topological polar surface area (TPSA) is 60.2 Å². The zero-order valence-electron chi connectivity index (χ0n) is 13.5. The number of aromatic nitrogens is 3. The number of fused-ring (bicyclic) bond motifs is 1. The Bertz CT molecular complexity index is 695. The Morgan fingerprint density at radius 2 is 2.14 bits per heavy atom. The molecule has 0 N–H and O–H groups in total. The molecular formula is C16H22N4O2. The fraction of sp³-hybridized carbons (Fsp3) is 0.562. The van der Waals surface area contributed by atoms with Crippen molar-refractivity contribution in [1.82, 2.24) is 19.7 Å². The van der Waals surface area contributed by atoms with Crippen molar-refractivity contribution in [3.05, 3.63) is 24.0 Å². The summed E-state index contributed by atoms with van der Waals surface area (Å²) < 4.78 is 7.45. The van der Waals surface area contributed by atoms with Crippen molar-refractivity contribution >= 4 is 16.9 Å². The zero-order valence-corrected chi connectivity index (χ0v) is 13.5. The summed E-state index contributed by atoms with van der Waals surface area (Å²) in [6.45, 7) is 9.30. The van der Waals surface area contributed by atoms with E-state index in [2.05, 4.69) is 23.9 Å². The standard InChI is InChI=1S/C16H22N4O2/c1-10(2)20-15-13(7-18-20)5-14(6-17-15)16(21)19-8-12(4)22-9-11(19)3/h5-7,10-12H,8-9H2,1-4H3/t11-,12-/m0/s1. The van der Waals surface area contributed by atoms with Crippen molar-refractivity contribution in [3.8, 4) is 0 Å². The number of ether oxygens (including phenoxy) is 1. The van der Waals surface area contributed by atoms with Gasteiger partial charge in [-0.05, 0) is 33.8 Å². The molecule has 1 fully saturated rings. The fourth-order valence-electron chi connectivity index (χ4n) is 2.79. The van der Waals surface area contributed by atoms with Gasteiger partial charge >= 0.3 is 0 Å². The number of hydrogen-bond donors (Lipinski definition) is 0. The molecule has 0 spiro atoms. The number of hydrogen-bond acceptors (Lipinski definition) is 4. The lowest BCUT2D eigenvalue weighted by Crippen LogP contribution is -2.50. The Labute approximate surface area is 130 Å². The number of rotatable bonds is 2. The van der Waals surface area contributed by atoms with E-state index in [1.807, 2.05) is 29.5 Å². The van der Waals surface area contributed by atoms with Crippen LogP contribution in [-0.4, -0.2) is 50.9 Å². The van der Waals surface area contributed by atoms with E-state index >= 15 is 0 Å². The van der Waals surface area contributed by atoms with E-state index in [9.17, 15) is 4.79 Å². The molecule has 2 aromatic heterocycles. The highest BCUT2D eigenvalue weighted by atomic mass is 16.5. The number of carbonyl (C=O) groups excluding carboxylic acids is 1. The fourth-order valence-corrected chi connectivity index (χ4v) is 2.79. The van der Waals surface area contributed by atoms with Gasteiger partial charge in [0.15, 0.2) is 5.65 Å². The minimum atomic E-state index is 0.00865. The van der Waals surface area contributed by atoms with Gasteiger partial charge in [0.1, 0.15) is 0 Å². The average Bonchev–Trinajstić information content (AvgIpc) is 2.92. The summed E-state index contributed by atoms with van der Waals surface area (Å²) in [5.41, 5.74) is 1.42. The highest BCUT2D eigenvalue weighted by Gasteiger charge is 2.28. The van der Waals surface area contributed by atoms with Crippen LogP contribution in [-0.2, 0) is 4.74 Å². The molecule has 0 aromatic carbocycles. The summed E-state index contributed by atoms with van der Waals surface area (Å²) in [5.74, 6) is 0.00865. The van der Waals surface area contributed by atoms with E-state index in [-0.39, 0.29) is 24.1 Å². The second-order valence-electron chi connectivity index (χ2n) is 6.27. The first-order valence-corrected chi connectivity index (χ1v) is 7.73. The van der Waals surface area contributed by atoms with Crippen molar-refractivity contribution in [3.63, 3.8) is 0 Å². The van der Waals surface area contributed by atoms with Crippen LogP contribution in [0.5, 0.6) is 0 Å². The number of carbonyl (C=O) groups is 1. The van der Waals surface area contributed by atoms with Crippen LogP contribution in [0.3, 0.4) is 0 Å². The van der Waals surface area contributed by atoms with Crippen molar-refractivity contribution < 1.29 is 9.53 Å². The quantitative estimate of drug-likeness (QED) is 0.854. The van der Waals surface area contributed by atoms with Gasteiger partial charge in [0, 0.05) is 24.2 Å². The van der Waals surface area contributed by atoms with Crippen LogP contribution in [0.2, 0.25) is 0 Å². The molecule has 1 saturated heterocycles. The van der Waals surface area contributed by atoms with Gasteiger partial charge in [0.05, 0.1) is 30.5 Å². The predicted octanol–water partition coefficient (Wildman–Crippen LogP) is 2.26. The van der Waals surface area contributed by atoms with Crippen LogP contribution in [0.1, 0.15) is 44.1 Å². The van der Waals surface area contributed by atoms with Crippen LogP contribution in [0.25, 0.3) is 11.0 Å². The van der Waals surface area contributed by atoms with Crippen LogP contribution in [0, 0.1) is 0 Å². The Kier molecular flexibility index (Phi) is 3.87. The van der Waals surface area contributed by atoms with E-state index in [1.165, 1.54) is 0 Å². The maximum absolute atomic E-state index is 12.7. The summed E-state index contributed by atoms with van der Waals surface area (Å²) >= 11 is 0. The van der Waals surface area contributed by atoms with Crippen molar-refractivity contribution in [2.24, 2.45) is 0 Å². The molecule has 2 atom stereocenters. The lowest BCUT2D eigenvalue weighted by Gasteiger charge is -2.36. The molecule has 0 bridgehead atoms. The van der Waals surface area contributed by atoms with Gasteiger partial charge in [0.25, 0.3) is 5.91 Å². The Balaban J connectivity index is 1.91. The minimum absolute atomic E-state index is 0.00865. The van der Waals surface area contributed by atoms with Gasteiger partial charge in [-0.1, -0.05) is 0 Å². The minimum Gasteiger partial charge on any atom is -0.375 e. The third-order valence-corrected chi connectivity index (χ3v) is 4.04. The smallest absolute Gasteiger partial charge is 0.255 e. The first kappa shape index (κ1) is 15.0. The summed E-state index contributed by atoms with van der Waals surface area (Å²) in [6.07, 6.45) is 3.49. The normalized spacial score (nSPS) is 22.5. The van der Waals surface area contributed by atoms with Crippen molar-refractivity contribution in [2.45, 2.75) is 45.9 Å². The molecule has 22 heavy (non-hydrogen) atoms. The van der Waals surface area contributed by atoms with Crippen LogP contribution >= 0.6 is 0 Å². The third-order valence-electron chi connectivity index (χ3n) is 4.04. The number of pyridine rings is 1. The number of nitrogens with zero attached hydrogens (tertiary/aromatic N) is 4. The van der Waals surface area contributed by atoms with Gasteiger partial charge in [-0.2, -0.15) is 5.10 Å². The predicted molar refractivity (Wildman–Crippen MR) is 83.8 cm³/mol. The van der Waals surface area contributed by atoms with Gasteiger partial charge < -0.3 is 9.64 Å². The molecule has 3 heterocycles. The summed E-state index contributed by atoms with van der Waals surface area (Å²) in [6, 6.07) is 2.20. The molecule has 6 heteroatoms. The number of morpholine rings is 1. The van der Waals surface area contributed by atoms with Gasteiger partial charge in [-0.3, -0.25) is 4.79 Å². The molecule has 1 aliphatic rings. The summed E-state index contributed by atoms with van der Waals surface area (Å²) in [4.78, 5) is 19.1. The van der Waals surface area contributed by atoms with E-state index in [4.69, 9.17) is 4.74 Å². The van der Waals surface area contributed by atoms with Crippen LogP contribution < -0.4 is 0 Å². The molecule has 1 aliphatic heterocycles.